The summed E-state index contributed by atoms with van der Waals surface area (Å²) in [7, 11) is 1.25. The van der Waals surface area contributed by atoms with Gasteiger partial charge in [-0.05, 0) is 11.4 Å². The third kappa shape index (κ3) is 1.53. The topological polar surface area (TPSA) is 63.7 Å². The van der Waals surface area contributed by atoms with Crippen LogP contribution in [0.3, 0.4) is 0 Å². The highest BCUT2D eigenvalue weighted by Crippen LogP contribution is 2.30. The Bertz CT molecular complexity index is 485. The van der Waals surface area contributed by atoms with Crippen LogP contribution in [0.25, 0.3) is 0 Å². The van der Waals surface area contributed by atoms with E-state index in [1.54, 1.807) is 5.38 Å². The van der Waals surface area contributed by atoms with Gasteiger partial charge >= 0.3 is 5.97 Å². The molecular formula is C10H7NO4S. The highest BCUT2D eigenvalue weighted by atomic mass is 32.1. The molecule has 6 heteroatoms. The first-order valence-corrected chi connectivity index (χ1v) is 5.25. The van der Waals surface area contributed by atoms with Crippen molar-refractivity contribution in [3.63, 3.8) is 0 Å². The van der Waals surface area contributed by atoms with Crippen molar-refractivity contribution in [1.29, 1.82) is 0 Å². The Morgan fingerprint density at radius 1 is 1.31 bits per heavy atom. The number of amides is 2. The number of thiophene rings is 1. The number of nitrogens with zero attached hydrogens (tertiary/aromatic N) is 1. The molecule has 16 heavy (non-hydrogen) atoms. The van der Waals surface area contributed by atoms with Crippen LogP contribution in [0.4, 0.5) is 5.00 Å². The summed E-state index contributed by atoms with van der Waals surface area (Å²) < 4.78 is 4.56. The van der Waals surface area contributed by atoms with E-state index in [9.17, 15) is 14.4 Å². The van der Waals surface area contributed by atoms with Crippen LogP contribution < -0.4 is 4.90 Å². The summed E-state index contributed by atoms with van der Waals surface area (Å²) in [4.78, 5) is 35.2. The van der Waals surface area contributed by atoms with Crippen molar-refractivity contribution in [2.24, 2.45) is 0 Å². The van der Waals surface area contributed by atoms with Crippen LogP contribution in [0.2, 0.25) is 0 Å². The highest BCUT2D eigenvalue weighted by molar-refractivity contribution is 7.15. The van der Waals surface area contributed by atoms with Gasteiger partial charge in [0.25, 0.3) is 11.8 Å². The fraction of sp³-hybridized carbons (Fsp3) is 0.100. The van der Waals surface area contributed by atoms with Gasteiger partial charge in [0, 0.05) is 12.2 Å². The minimum atomic E-state index is -0.566. The average molecular weight is 237 g/mol. The minimum Gasteiger partial charge on any atom is -0.465 e. The van der Waals surface area contributed by atoms with Crippen LogP contribution in [0.15, 0.2) is 23.6 Å². The Hall–Kier alpha value is -1.95. The monoisotopic (exact) mass is 237 g/mol. The number of imide groups is 1. The number of methoxy groups -OCH3 is 1. The lowest BCUT2D eigenvalue weighted by Crippen LogP contribution is -2.30. The molecule has 2 amide bonds. The van der Waals surface area contributed by atoms with Gasteiger partial charge in [0.2, 0.25) is 0 Å². The van der Waals surface area contributed by atoms with Crippen LogP contribution in [0.5, 0.6) is 0 Å². The third-order valence-corrected chi connectivity index (χ3v) is 2.96. The second kappa shape index (κ2) is 3.90. The van der Waals surface area contributed by atoms with Crippen LogP contribution in [0, 0.1) is 0 Å². The SMILES string of the molecule is COC(=O)c1ccsc1N1C(=O)C=CC1=O. The number of anilines is 1. The summed E-state index contributed by atoms with van der Waals surface area (Å²) >= 11 is 1.14. The van der Waals surface area contributed by atoms with Gasteiger partial charge in [-0.1, -0.05) is 0 Å². The number of carbonyl (C=O) groups is 3. The van der Waals surface area contributed by atoms with E-state index < -0.39 is 17.8 Å². The Morgan fingerprint density at radius 2 is 1.94 bits per heavy atom. The van der Waals surface area contributed by atoms with Crippen molar-refractivity contribution in [3.8, 4) is 0 Å². The largest absolute Gasteiger partial charge is 0.465 e. The summed E-state index contributed by atoms with van der Waals surface area (Å²) in [6.07, 6.45) is 2.34. The molecule has 2 rings (SSSR count). The zero-order valence-corrected chi connectivity index (χ0v) is 9.11. The number of hydrogen-bond donors (Lipinski definition) is 0. The van der Waals surface area contributed by atoms with Crippen molar-refractivity contribution in [3.05, 3.63) is 29.2 Å². The van der Waals surface area contributed by atoms with E-state index in [0.29, 0.717) is 5.00 Å². The Balaban J connectivity index is 2.42. The van der Waals surface area contributed by atoms with E-state index in [4.69, 9.17) is 0 Å². The molecule has 0 aromatic carbocycles. The van der Waals surface area contributed by atoms with E-state index >= 15 is 0 Å². The van der Waals surface area contributed by atoms with Crippen molar-refractivity contribution >= 4 is 34.1 Å². The summed E-state index contributed by atoms with van der Waals surface area (Å²) in [5, 5.41) is 1.92. The second-order valence-electron chi connectivity index (χ2n) is 2.98. The minimum absolute atomic E-state index is 0.220. The molecule has 0 aliphatic carbocycles. The number of ether oxygens (including phenoxy) is 1. The molecule has 0 unspecified atom stereocenters. The van der Waals surface area contributed by atoms with Crippen molar-refractivity contribution in [2.45, 2.75) is 0 Å². The molecule has 1 aliphatic heterocycles. The van der Waals surface area contributed by atoms with Crippen LogP contribution in [-0.4, -0.2) is 24.9 Å². The summed E-state index contributed by atoms with van der Waals surface area (Å²) in [5.74, 6) is -1.46. The van der Waals surface area contributed by atoms with Gasteiger partial charge < -0.3 is 4.74 Å². The Morgan fingerprint density at radius 3 is 2.50 bits per heavy atom. The average Bonchev–Trinajstić information content (AvgIpc) is 2.84. The molecule has 0 saturated carbocycles. The van der Waals surface area contributed by atoms with E-state index in [-0.39, 0.29) is 5.56 Å². The molecule has 5 nitrogen and oxygen atoms in total. The van der Waals surface area contributed by atoms with Gasteiger partial charge in [0.05, 0.1) is 12.7 Å². The van der Waals surface area contributed by atoms with E-state index in [0.717, 1.165) is 16.2 Å². The Kier molecular flexibility index (Phi) is 2.57. The first-order chi connectivity index (χ1) is 7.65. The van der Waals surface area contributed by atoms with E-state index in [1.807, 2.05) is 0 Å². The number of esters is 1. The maximum atomic E-state index is 11.4. The molecule has 1 aromatic rings. The van der Waals surface area contributed by atoms with Crippen LogP contribution >= 0.6 is 11.3 Å². The fourth-order valence-electron chi connectivity index (χ4n) is 1.34. The van der Waals surface area contributed by atoms with Gasteiger partial charge in [0.15, 0.2) is 0 Å². The molecule has 0 bridgehead atoms. The molecule has 0 saturated heterocycles. The summed E-state index contributed by atoms with van der Waals surface area (Å²) in [6, 6.07) is 1.52. The Labute approximate surface area is 94.9 Å². The van der Waals surface area contributed by atoms with Crippen molar-refractivity contribution in [1.82, 2.24) is 0 Å². The van der Waals surface area contributed by atoms with Crippen LogP contribution in [0.1, 0.15) is 10.4 Å². The van der Waals surface area contributed by atoms with Crippen LogP contribution in [-0.2, 0) is 14.3 Å². The zero-order valence-electron chi connectivity index (χ0n) is 8.30. The quantitative estimate of drug-likeness (QED) is 0.567. The van der Waals surface area contributed by atoms with Gasteiger partial charge in [-0.2, -0.15) is 0 Å². The first kappa shape index (κ1) is 10.6. The standard InChI is InChI=1S/C10H7NO4S/c1-15-10(14)6-4-5-16-9(6)11-7(12)2-3-8(11)13/h2-5H,1H3. The normalized spacial score (nSPS) is 14.7. The second-order valence-corrected chi connectivity index (χ2v) is 3.87. The maximum absolute atomic E-state index is 11.4. The van der Waals surface area contributed by atoms with Gasteiger partial charge in [0.1, 0.15) is 5.00 Å². The third-order valence-electron chi connectivity index (χ3n) is 2.06. The van der Waals surface area contributed by atoms with Crippen molar-refractivity contribution < 1.29 is 19.1 Å². The lowest BCUT2D eigenvalue weighted by molar-refractivity contribution is -0.119. The molecule has 82 valence electrons. The lowest BCUT2D eigenvalue weighted by Gasteiger charge is -2.12. The summed E-state index contributed by atoms with van der Waals surface area (Å²) in [6.45, 7) is 0. The smallest absolute Gasteiger partial charge is 0.340 e. The molecule has 0 radical (unpaired) electrons. The molecule has 0 spiro atoms. The van der Waals surface area contributed by atoms with Gasteiger partial charge in [-0.3, -0.25) is 9.59 Å². The molecule has 0 fully saturated rings. The van der Waals surface area contributed by atoms with E-state index in [2.05, 4.69) is 4.74 Å². The highest BCUT2D eigenvalue weighted by Gasteiger charge is 2.30. The number of hydrogen-bond acceptors (Lipinski definition) is 5. The molecular weight excluding hydrogens is 230 g/mol. The summed E-state index contributed by atoms with van der Waals surface area (Å²) in [5.41, 5.74) is 0.220. The van der Waals surface area contributed by atoms with Gasteiger partial charge in [-0.15, -0.1) is 11.3 Å². The maximum Gasteiger partial charge on any atom is 0.340 e. The molecule has 1 aromatic heterocycles. The van der Waals surface area contributed by atoms with Crippen molar-refractivity contribution in [2.75, 3.05) is 12.0 Å². The molecule has 0 N–H and O–H groups in total. The number of carbonyl (C=O) groups excluding carboxylic acids is 3. The predicted molar refractivity (Wildman–Crippen MR) is 57.3 cm³/mol. The fourth-order valence-corrected chi connectivity index (χ4v) is 2.24. The lowest BCUT2D eigenvalue weighted by atomic mass is 10.3. The van der Waals surface area contributed by atoms with E-state index in [1.165, 1.54) is 25.3 Å². The number of rotatable bonds is 2. The molecule has 2 heterocycles. The zero-order chi connectivity index (χ0) is 11.7. The molecule has 0 atom stereocenters. The first-order valence-electron chi connectivity index (χ1n) is 4.37. The molecule has 1 aliphatic rings. The van der Waals surface area contributed by atoms with Gasteiger partial charge in [-0.25, -0.2) is 9.69 Å². The predicted octanol–water partition coefficient (Wildman–Crippen LogP) is 0.964.